The Bertz CT molecular complexity index is 531. The van der Waals surface area contributed by atoms with Crippen LogP contribution in [0.3, 0.4) is 0 Å². The number of unbranched alkanes of at least 4 members (excludes halogenated alkanes) is 10. The maximum absolute atomic E-state index is 12.8. The molecule has 0 saturated carbocycles. The lowest BCUT2D eigenvalue weighted by Crippen LogP contribution is -2.31. The maximum Gasteiger partial charge on any atom is 0.232 e. The summed E-state index contributed by atoms with van der Waals surface area (Å²) in [6.45, 7) is 7.15. The van der Waals surface area contributed by atoms with E-state index < -0.39 is 0 Å². The Balaban J connectivity index is 2.28. The average molecular weight is 450 g/mol. The molecule has 0 spiro atoms. The van der Waals surface area contributed by atoms with Crippen molar-refractivity contribution in [3.05, 3.63) is 0 Å². The lowest BCUT2D eigenvalue weighted by atomic mass is 9.88. The third-order valence-corrected chi connectivity index (χ3v) is 7.07. The van der Waals surface area contributed by atoms with Gasteiger partial charge >= 0.3 is 0 Å². The van der Waals surface area contributed by atoms with Crippen LogP contribution in [0, 0.1) is 11.8 Å². The van der Waals surface area contributed by atoms with Crippen LogP contribution >= 0.6 is 0 Å². The van der Waals surface area contributed by atoms with Gasteiger partial charge in [0.25, 0.3) is 0 Å². The smallest absolute Gasteiger partial charge is 0.232 e. The first-order valence-corrected chi connectivity index (χ1v) is 13.9. The van der Waals surface area contributed by atoms with Gasteiger partial charge in [0, 0.05) is 31.2 Å². The molecular formula is C28H51NO3. The molecule has 0 aliphatic carbocycles. The lowest BCUT2D eigenvalue weighted by Gasteiger charge is -2.17. The van der Waals surface area contributed by atoms with Crippen LogP contribution in [0.15, 0.2) is 0 Å². The van der Waals surface area contributed by atoms with E-state index in [1.165, 1.54) is 62.7 Å². The van der Waals surface area contributed by atoms with Gasteiger partial charge in [-0.2, -0.15) is 0 Å². The fraction of sp³-hybridized carbons (Fsp3) is 0.893. The average Bonchev–Trinajstić information content (AvgIpc) is 3.05. The summed E-state index contributed by atoms with van der Waals surface area (Å²) in [5.74, 6) is 0.657. The van der Waals surface area contributed by atoms with Gasteiger partial charge in [-0.1, -0.05) is 97.8 Å². The summed E-state index contributed by atoms with van der Waals surface area (Å²) in [7, 11) is 0. The third-order valence-electron chi connectivity index (χ3n) is 7.07. The van der Waals surface area contributed by atoms with Crippen LogP contribution in [0.5, 0.6) is 0 Å². The van der Waals surface area contributed by atoms with Gasteiger partial charge in [0.05, 0.1) is 0 Å². The van der Waals surface area contributed by atoms with Gasteiger partial charge in [0.2, 0.25) is 11.8 Å². The first-order valence-electron chi connectivity index (χ1n) is 13.9. The Morgan fingerprint density at radius 3 is 2.00 bits per heavy atom. The molecule has 2 atom stereocenters. The number of hydrogen-bond donors (Lipinski definition) is 0. The molecule has 2 amide bonds. The number of rotatable bonds is 21. The van der Waals surface area contributed by atoms with Crippen LogP contribution in [0.2, 0.25) is 0 Å². The highest BCUT2D eigenvalue weighted by Crippen LogP contribution is 2.26. The van der Waals surface area contributed by atoms with Crippen LogP contribution in [0.25, 0.3) is 0 Å². The Morgan fingerprint density at radius 1 is 0.781 bits per heavy atom. The minimum absolute atomic E-state index is 0.00892. The first-order chi connectivity index (χ1) is 15.5. The van der Waals surface area contributed by atoms with Crippen LogP contribution in [-0.2, 0) is 14.4 Å². The molecule has 0 bridgehead atoms. The number of Topliss-reactive ketones (excluding diaryl/α,β-unsaturated/α-hetero) is 1. The van der Waals surface area contributed by atoms with Crippen molar-refractivity contribution < 1.29 is 14.4 Å². The highest BCUT2D eigenvalue weighted by atomic mass is 16.2. The Labute approximate surface area is 198 Å². The van der Waals surface area contributed by atoms with Crippen molar-refractivity contribution in [1.82, 2.24) is 4.90 Å². The SMILES string of the molecule is CCCCCCC(CCCCC)C(=O)CCCCCN1C(=O)CC(CCCCCC)C1=O. The van der Waals surface area contributed by atoms with Crippen LogP contribution in [0.4, 0.5) is 0 Å². The number of carbonyl (C=O) groups excluding carboxylic acids is 3. The zero-order chi connectivity index (χ0) is 23.6. The largest absolute Gasteiger partial charge is 0.299 e. The number of hydrogen-bond acceptors (Lipinski definition) is 3. The quantitative estimate of drug-likeness (QED) is 0.134. The second kappa shape index (κ2) is 18.3. The van der Waals surface area contributed by atoms with Gasteiger partial charge in [-0.05, 0) is 32.1 Å². The van der Waals surface area contributed by atoms with Crippen molar-refractivity contribution >= 4 is 17.6 Å². The van der Waals surface area contributed by atoms with E-state index in [0.29, 0.717) is 25.2 Å². The second-order valence-electron chi connectivity index (χ2n) is 9.95. The molecule has 32 heavy (non-hydrogen) atoms. The molecule has 2 unspecified atom stereocenters. The van der Waals surface area contributed by atoms with E-state index in [-0.39, 0.29) is 23.7 Å². The van der Waals surface area contributed by atoms with Crippen LogP contribution < -0.4 is 0 Å². The number of likely N-dealkylation sites (tertiary alicyclic amines) is 1. The van der Waals surface area contributed by atoms with Gasteiger partial charge < -0.3 is 0 Å². The van der Waals surface area contributed by atoms with Gasteiger partial charge in [0.15, 0.2) is 0 Å². The number of ketones is 1. The van der Waals surface area contributed by atoms with Crippen LogP contribution in [-0.4, -0.2) is 29.0 Å². The Morgan fingerprint density at radius 2 is 1.34 bits per heavy atom. The summed E-state index contributed by atoms with van der Waals surface area (Å²) in [5, 5.41) is 0. The molecule has 186 valence electrons. The van der Waals surface area contributed by atoms with E-state index in [0.717, 1.165) is 51.4 Å². The summed E-state index contributed by atoms with van der Waals surface area (Å²) in [6, 6.07) is 0. The zero-order valence-corrected chi connectivity index (χ0v) is 21.5. The molecule has 0 N–H and O–H groups in total. The summed E-state index contributed by atoms with van der Waals surface area (Å²) >= 11 is 0. The molecule has 1 aliphatic rings. The van der Waals surface area contributed by atoms with E-state index in [9.17, 15) is 14.4 Å². The molecular weight excluding hydrogens is 398 g/mol. The zero-order valence-electron chi connectivity index (χ0n) is 21.5. The molecule has 4 nitrogen and oxygen atoms in total. The maximum atomic E-state index is 12.8. The molecule has 0 radical (unpaired) electrons. The fourth-order valence-corrected chi connectivity index (χ4v) is 4.90. The van der Waals surface area contributed by atoms with Gasteiger partial charge in [-0.15, -0.1) is 0 Å². The molecule has 1 fully saturated rings. The third kappa shape index (κ3) is 11.6. The molecule has 0 aromatic heterocycles. The monoisotopic (exact) mass is 449 g/mol. The predicted molar refractivity (Wildman–Crippen MR) is 133 cm³/mol. The fourth-order valence-electron chi connectivity index (χ4n) is 4.90. The van der Waals surface area contributed by atoms with Gasteiger partial charge in [-0.3, -0.25) is 19.3 Å². The van der Waals surface area contributed by atoms with E-state index in [2.05, 4.69) is 20.8 Å². The summed E-state index contributed by atoms with van der Waals surface area (Å²) in [5.41, 5.74) is 0. The molecule has 4 heteroatoms. The minimum atomic E-state index is -0.0856. The lowest BCUT2D eigenvalue weighted by molar-refractivity contribution is -0.139. The Kier molecular flexibility index (Phi) is 16.5. The molecule has 0 aromatic rings. The standard InChI is InChI=1S/C28H51NO3/c1-4-7-10-14-19-24(18-13-9-6-3)26(30)21-16-12-17-22-29-27(31)23-25(28(29)32)20-15-11-8-5-2/h24-25H,4-23H2,1-3H3. The highest BCUT2D eigenvalue weighted by Gasteiger charge is 2.37. The number of nitrogens with zero attached hydrogens (tertiary/aromatic N) is 1. The minimum Gasteiger partial charge on any atom is -0.299 e. The Hall–Kier alpha value is -1.19. The molecule has 1 aliphatic heterocycles. The van der Waals surface area contributed by atoms with Crippen molar-refractivity contribution in [3.8, 4) is 0 Å². The van der Waals surface area contributed by atoms with Crippen molar-refractivity contribution in [2.45, 2.75) is 143 Å². The molecule has 1 saturated heterocycles. The highest BCUT2D eigenvalue weighted by molar-refractivity contribution is 6.03. The molecule has 1 heterocycles. The van der Waals surface area contributed by atoms with E-state index in [1.54, 1.807) is 0 Å². The predicted octanol–water partition coefficient (Wildman–Crippen LogP) is 7.63. The summed E-state index contributed by atoms with van der Waals surface area (Å²) in [6.07, 6.45) is 19.7. The molecule has 0 aromatic carbocycles. The van der Waals surface area contributed by atoms with E-state index >= 15 is 0 Å². The van der Waals surface area contributed by atoms with Crippen molar-refractivity contribution in [2.75, 3.05) is 6.54 Å². The van der Waals surface area contributed by atoms with E-state index in [4.69, 9.17) is 0 Å². The number of imide groups is 1. The van der Waals surface area contributed by atoms with Gasteiger partial charge in [-0.25, -0.2) is 0 Å². The van der Waals surface area contributed by atoms with Crippen molar-refractivity contribution in [1.29, 1.82) is 0 Å². The first kappa shape index (κ1) is 28.8. The number of amides is 2. The van der Waals surface area contributed by atoms with Crippen LogP contribution in [0.1, 0.15) is 143 Å². The topological polar surface area (TPSA) is 54.5 Å². The summed E-state index contributed by atoms with van der Waals surface area (Å²) in [4.78, 5) is 39.1. The van der Waals surface area contributed by atoms with Crippen molar-refractivity contribution in [2.24, 2.45) is 11.8 Å². The second-order valence-corrected chi connectivity index (χ2v) is 9.95. The summed E-state index contributed by atoms with van der Waals surface area (Å²) < 4.78 is 0. The molecule has 1 rings (SSSR count). The van der Waals surface area contributed by atoms with Crippen molar-refractivity contribution in [3.63, 3.8) is 0 Å². The van der Waals surface area contributed by atoms with E-state index in [1.807, 2.05) is 0 Å². The number of carbonyl (C=O) groups is 3. The van der Waals surface area contributed by atoms with Gasteiger partial charge in [0.1, 0.15) is 5.78 Å². The normalized spacial score (nSPS) is 17.3.